The largest absolute Gasteiger partial charge is 0.378 e. The number of anilines is 2. The first-order valence-corrected chi connectivity index (χ1v) is 6.98. The van der Waals surface area contributed by atoms with Gasteiger partial charge in [0.1, 0.15) is 5.82 Å². The minimum Gasteiger partial charge on any atom is -0.378 e. The molecule has 1 unspecified atom stereocenters. The maximum Gasteiger partial charge on any atom is 0.221 e. The highest BCUT2D eigenvalue weighted by Gasteiger charge is 2.09. The van der Waals surface area contributed by atoms with E-state index in [-0.39, 0.29) is 17.8 Å². The Bertz CT molecular complexity index is 610. The third-order valence-electron chi connectivity index (χ3n) is 3.20. The minimum atomic E-state index is -0.235. The highest BCUT2D eigenvalue weighted by Crippen LogP contribution is 2.24. The lowest BCUT2D eigenvalue weighted by Gasteiger charge is -2.19. The van der Waals surface area contributed by atoms with Crippen molar-refractivity contribution in [3.05, 3.63) is 59.9 Å². The van der Waals surface area contributed by atoms with Gasteiger partial charge in [-0.05, 0) is 42.3 Å². The molecule has 0 spiro atoms. The van der Waals surface area contributed by atoms with Crippen LogP contribution < -0.4 is 10.6 Å². The molecule has 0 aliphatic rings. The lowest BCUT2D eigenvalue weighted by molar-refractivity contribution is -0.114. The summed E-state index contributed by atoms with van der Waals surface area (Å²) in [6, 6.07) is 14.1. The summed E-state index contributed by atoms with van der Waals surface area (Å²) in [5.74, 6) is -0.334. The van der Waals surface area contributed by atoms with Crippen molar-refractivity contribution < 1.29 is 9.18 Å². The third-order valence-corrected chi connectivity index (χ3v) is 3.20. The van der Waals surface area contributed by atoms with Crippen molar-refractivity contribution in [2.45, 2.75) is 26.3 Å². The molecule has 4 heteroatoms. The van der Waals surface area contributed by atoms with E-state index in [4.69, 9.17) is 0 Å². The van der Waals surface area contributed by atoms with Crippen LogP contribution in [0.4, 0.5) is 15.8 Å². The average Bonchev–Trinajstić information content (AvgIpc) is 2.45. The number of amides is 1. The molecule has 0 radical (unpaired) electrons. The molecule has 3 nitrogen and oxygen atoms in total. The van der Waals surface area contributed by atoms with Gasteiger partial charge in [0.05, 0.1) is 6.04 Å². The summed E-state index contributed by atoms with van der Waals surface area (Å²) in [5.41, 5.74) is 2.70. The Morgan fingerprint density at radius 2 is 1.81 bits per heavy atom. The van der Waals surface area contributed by atoms with Gasteiger partial charge in [0.25, 0.3) is 0 Å². The van der Waals surface area contributed by atoms with Gasteiger partial charge in [0, 0.05) is 18.3 Å². The summed E-state index contributed by atoms with van der Waals surface area (Å²) >= 11 is 0. The molecule has 2 aromatic rings. The van der Waals surface area contributed by atoms with Crippen LogP contribution in [-0.2, 0) is 4.79 Å². The van der Waals surface area contributed by atoms with Crippen molar-refractivity contribution in [3.63, 3.8) is 0 Å². The van der Waals surface area contributed by atoms with E-state index in [9.17, 15) is 9.18 Å². The maximum atomic E-state index is 13.0. The zero-order valence-corrected chi connectivity index (χ0v) is 12.2. The quantitative estimate of drug-likeness (QED) is 0.858. The number of halogens is 1. The second kappa shape index (κ2) is 6.88. The van der Waals surface area contributed by atoms with Crippen molar-refractivity contribution in [3.8, 4) is 0 Å². The predicted molar refractivity (Wildman–Crippen MR) is 83.8 cm³/mol. The first-order valence-electron chi connectivity index (χ1n) is 6.98. The number of benzene rings is 2. The molecule has 0 aliphatic heterocycles. The van der Waals surface area contributed by atoms with Crippen molar-refractivity contribution in [2.24, 2.45) is 0 Å². The van der Waals surface area contributed by atoms with Gasteiger partial charge in [-0.15, -0.1) is 0 Å². The molecule has 0 bridgehead atoms. The fourth-order valence-electron chi connectivity index (χ4n) is 2.21. The van der Waals surface area contributed by atoms with E-state index in [2.05, 4.69) is 17.6 Å². The summed E-state index contributed by atoms with van der Waals surface area (Å²) < 4.78 is 13.0. The highest BCUT2D eigenvalue weighted by atomic mass is 19.1. The van der Waals surface area contributed by atoms with Gasteiger partial charge >= 0.3 is 0 Å². The predicted octanol–water partition coefficient (Wildman–Crippen LogP) is 4.35. The van der Waals surface area contributed by atoms with Gasteiger partial charge in [-0.3, -0.25) is 4.79 Å². The molecule has 1 amide bonds. The van der Waals surface area contributed by atoms with Gasteiger partial charge in [-0.1, -0.05) is 25.1 Å². The van der Waals surface area contributed by atoms with E-state index in [0.29, 0.717) is 0 Å². The Kier molecular flexibility index (Phi) is 4.93. The summed E-state index contributed by atoms with van der Waals surface area (Å²) in [4.78, 5) is 11.1. The van der Waals surface area contributed by atoms with E-state index in [1.54, 1.807) is 12.1 Å². The van der Waals surface area contributed by atoms with Crippen LogP contribution in [0.15, 0.2) is 48.5 Å². The van der Waals surface area contributed by atoms with Gasteiger partial charge in [0.2, 0.25) is 5.91 Å². The molecule has 0 fully saturated rings. The lowest BCUT2D eigenvalue weighted by atomic mass is 10.0. The van der Waals surface area contributed by atoms with Crippen LogP contribution in [0.1, 0.15) is 31.9 Å². The number of nitrogens with one attached hydrogen (secondary N) is 2. The van der Waals surface area contributed by atoms with Crippen molar-refractivity contribution in [2.75, 3.05) is 10.6 Å². The van der Waals surface area contributed by atoms with Gasteiger partial charge in [-0.25, -0.2) is 4.39 Å². The molecule has 1 atom stereocenters. The molecule has 21 heavy (non-hydrogen) atoms. The van der Waals surface area contributed by atoms with Crippen LogP contribution in [0, 0.1) is 5.82 Å². The first-order chi connectivity index (χ1) is 10.1. The van der Waals surface area contributed by atoms with Crippen LogP contribution in [0.25, 0.3) is 0 Å². The summed E-state index contributed by atoms with van der Waals surface area (Å²) in [6.07, 6.45) is 0.871. The number of hydrogen-bond donors (Lipinski definition) is 2. The van der Waals surface area contributed by atoms with Crippen LogP contribution in [0.3, 0.4) is 0 Å². The molecular weight excluding hydrogens is 267 g/mol. The summed E-state index contributed by atoms with van der Waals surface area (Å²) in [6.45, 7) is 3.55. The van der Waals surface area contributed by atoms with Crippen molar-refractivity contribution >= 4 is 17.3 Å². The van der Waals surface area contributed by atoms with Crippen molar-refractivity contribution in [1.29, 1.82) is 0 Å². The van der Waals surface area contributed by atoms with E-state index >= 15 is 0 Å². The third kappa shape index (κ3) is 4.31. The standard InChI is InChI=1S/C17H19FN2O/c1-3-17(13-7-9-14(18)10-8-13)20-16-6-4-5-15(11-16)19-12(2)21/h4-11,17,20H,3H2,1-2H3,(H,19,21). The van der Waals surface area contributed by atoms with Crippen LogP contribution in [0.5, 0.6) is 0 Å². The van der Waals surface area contributed by atoms with E-state index < -0.39 is 0 Å². The number of rotatable bonds is 5. The first kappa shape index (κ1) is 15.0. The second-order valence-electron chi connectivity index (χ2n) is 4.92. The molecule has 0 aliphatic carbocycles. The lowest BCUT2D eigenvalue weighted by Crippen LogP contribution is -2.10. The number of hydrogen-bond acceptors (Lipinski definition) is 2. The Balaban J connectivity index is 2.14. The molecule has 2 aromatic carbocycles. The Morgan fingerprint density at radius 1 is 1.14 bits per heavy atom. The smallest absolute Gasteiger partial charge is 0.221 e. The van der Waals surface area contributed by atoms with Crippen molar-refractivity contribution in [1.82, 2.24) is 0 Å². The molecule has 2 rings (SSSR count). The van der Waals surface area contributed by atoms with Crippen LogP contribution in [0.2, 0.25) is 0 Å². The van der Waals surface area contributed by atoms with E-state index in [1.807, 2.05) is 24.3 Å². The summed E-state index contributed by atoms with van der Waals surface area (Å²) in [7, 11) is 0. The monoisotopic (exact) mass is 286 g/mol. The van der Waals surface area contributed by atoms with Crippen LogP contribution in [-0.4, -0.2) is 5.91 Å². The van der Waals surface area contributed by atoms with Gasteiger partial charge < -0.3 is 10.6 Å². The van der Waals surface area contributed by atoms with Gasteiger partial charge in [0.15, 0.2) is 0 Å². The zero-order chi connectivity index (χ0) is 15.2. The molecule has 0 heterocycles. The topological polar surface area (TPSA) is 41.1 Å². The molecule has 110 valence electrons. The number of carbonyl (C=O) groups excluding carboxylic acids is 1. The van der Waals surface area contributed by atoms with Gasteiger partial charge in [-0.2, -0.15) is 0 Å². The van der Waals surface area contributed by atoms with E-state index in [1.165, 1.54) is 19.1 Å². The molecular formula is C17H19FN2O. The molecule has 0 aromatic heterocycles. The zero-order valence-electron chi connectivity index (χ0n) is 12.2. The molecule has 0 saturated carbocycles. The SMILES string of the molecule is CCC(Nc1cccc(NC(C)=O)c1)c1ccc(F)cc1. The minimum absolute atomic E-state index is 0.0955. The fraction of sp³-hybridized carbons (Fsp3) is 0.235. The fourth-order valence-corrected chi connectivity index (χ4v) is 2.21. The Labute approximate surface area is 124 Å². The van der Waals surface area contributed by atoms with Crippen LogP contribution >= 0.6 is 0 Å². The highest BCUT2D eigenvalue weighted by molar-refractivity contribution is 5.89. The maximum absolute atomic E-state index is 13.0. The molecule has 0 saturated heterocycles. The second-order valence-corrected chi connectivity index (χ2v) is 4.92. The summed E-state index contributed by atoms with van der Waals surface area (Å²) in [5, 5.41) is 6.16. The number of carbonyl (C=O) groups is 1. The Morgan fingerprint density at radius 3 is 2.43 bits per heavy atom. The average molecular weight is 286 g/mol. The van der Waals surface area contributed by atoms with E-state index in [0.717, 1.165) is 23.4 Å². The Hall–Kier alpha value is -2.36. The molecule has 2 N–H and O–H groups in total. The normalized spacial score (nSPS) is 11.8.